The number of allylic oxidation sites excluding steroid dienone is 1. The predicted molar refractivity (Wildman–Crippen MR) is 59.4 cm³/mol. The molecular weight excluding hydrogens is 208 g/mol. The summed E-state index contributed by atoms with van der Waals surface area (Å²) >= 11 is 0. The summed E-state index contributed by atoms with van der Waals surface area (Å²) in [5.41, 5.74) is 1.88. The Morgan fingerprint density at radius 1 is 1.12 bits per heavy atom. The molecule has 0 aliphatic heterocycles. The summed E-state index contributed by atoms with van der Waals surface area (Å²) in [4.78, 5) is 0. The molecule has 88 valence electrons. The van der Waals surface area contributed by atoms with Gasteiger partial charge in [-0.1, -0.05) is 30.3 Å². The number of hydrogen-bond acceptors (Lipinski definition) is 4. The Balaban J connectivity index is 2.72. The molecule has 1 aromatic carbocycles. The molecule has 0 aromatic heterocycles. The maximum Gasteiger partial charge on any atom is 0.189 e. The minimum Gasteiger partial charge on any atom is -0.371 e. The van der Waals surface area contributed by atoms with Crippen molar-refractivity contribution in [1.82, 2.24) is 0 Å². The Morgan fingerprint density at radius 3 is 2.12 bits per heavy atom. The first-order valence-corrected chi connectivity index (χ1v) is 4.96. The summed E-state index contributed by atoms with van der Waals surface area (Å²) in [5, 5.41) is 17.3. The Labute approximate surface area is 94.7 Å². The molecule has 4 heteroatoms. The van der Waals surface area contributed by atoms with Crippen LogP contribution in [0.5, 0.6) is 0 Å². The van der Waals surface area contributed by atoms with E-state index in [-0.39, 0.29) is 0 Å². The van der Waals surface area contributed by atoms with Gasteiger partial charge in [0, 0.05) is 5.56 Å². The average molecular weight is 224 g/mol. The summed E-state index contributed by atoms with van der Waals surface area (Å²) in [6.45, 7) is 2.74. The molecule has 0 bridgehead atoms. The van der Waals surface area contributed by atoms with Crippen molar-refractivity contribution in [3.05, 3.63) is 48.0 Å². The van der Waals surface area contributed by atoms with Crippen LogP contribution >= 0.6 is 0 Å². The van der Waals surface area contributed by atoms with Crippen LogP contribution in [0.3, 0.4) is 0 Å². The molecule has 2 N–H and O–H groups in total. The minimum atomic E-state index is -0.743. The Kier molecular flexibility index (Phi) is 5.74. The average Bonchev–Trinajstić information content (AvgIpc) is 2.30. The van der Waals surface area contributed by atoms with Crippen molar-refractivity contribution < 1.29 is 19.7 Å². The van der Waals surface area contributed by atoms with Gasteiger partial charge in [-0.3, -0.25) is 0 Å². The second-order valence-electron chi connectivity index (χ2n) is 3.16. The van der Waals surface area contributed by atoms with E-state index in [9.17, 15) is 0 Å². The molecule has 0 radical (unpaired) electrons. The summed E-state index contributed by atoms with van der Waals surface area (Å²) in [5.74, 6) is 0. The van der Waals surface area contributed by atoms with E-state index in [1.807, 2.05) is 30.3 Å². The van der Waals surface area contributed by atoms with Gasteiger partial charge in [0.25, 0.3) is 0 Å². The molecule has 16 heavy (non-hydrogen) atoms. The number of ether oxygens (including phenoxy) is 2. The van der Waals surface area contributed by atoms with Crippen molar-refractivity contribution in [2.24, 2.45) is 0 Å². The lowest BCUT2D eigenvalue weighted by Crippen LogP contribution is -2.10. The first kappa shape index (κ1) is 12.9. The van der Waals surface area contributed by atoms with Crippen LogP contribution in [0.2, 0.25) is 0 Å². The largest absolute Gasteiger partial charge is 0.371 e. The van der Waals surface area contributed by atoms with Crippen molar-refractivity contribution in [3.8, 4) is 0 Å². The zero-order valence-corrected chi connectivity index (χ0v) is 9.00. The fraction of sp³-hybridized carbons (Fsp3) is 0.333. The number of rotatable bonds is 7. The lowest BCUT2D eigenvalue weighted by molar-refractivity contribution is -0.214. The van der Waals surface area contributed by atoms with E-state index in [0.717, 1.165) is 17.5 Å². The van der Waals surface area contributed by atoms with Gasteiger partial charge < -0.3 is 19.7 Å². The topological polar surface area (TPSA) is 58.9 Å². The van der Waals surface area contributed by atoms with Crippen molar-refractivity contribution in [2.75, 3.05) is 13.6 Å². The fourth-order valence-electron chi connectivity index (χ4n) is 1.35. The van der Waals surface area contributed by atoms with Crippen LogP contribution in [-0.4, -0.2) is 23.8 Å². The van der Waals surface area contributed by atoms with Gasteiger partial charge in [0.15, 0.2) is 6.29 Å². The highest BCUT2D eigenvalue weighted by molar-refractivity contribution is 5.24. The molecular formula is C12H16O4. The third-order valence-corrected chi connectivity index (χ3v) is 2.08. The van der Waals surface area contributed by atoms with Crippen LogP contribution in [0.15, 0.2) is 36.9 Å². The lowest BCUT2D eigenvalue weighted by atomic mass is 10.1. The summed E-state index contributed by atoms with van der Waals surface area (Å²) < 4.78 is 9.84. The smallest absolute Gasteiger partial charge is 0.189 e. The van der Waals surface area contributed by atoms with Crippen molar-refractivity contribution >= 4 is 0 Å². The van der Waals surface area contributed by atoms with Crippen molar-refractivity contribution in [1.29, 1.82) is 0 Å². The van der Waals surface area contributed by atoms with Crippen LogP contribution in [0, 0.1) is 0 Å². The molecule has 0 spiro atoms. The Hall–Kier alpha value is -1.20. The Bertz CT molecular complexity index is 301. The molecule has 0 saturated heterocycles. The molecule has 0 aliphatic carbocycles. The van der Waals surface area contributed by atoms with E-state index in [1.165, 1.54) is 0 Å². The summed E-state index contributed by atoms with van der Waals surface area (Å²) in [6, 6.07) is 7.50. The predicted octanol–water partition coefficient (Wildman–Crippen LogP) is 1.35. The van der Waals surface area contributed by atoms with E-state index in [0.29, 0.717) is 0 Å². The number of benzene rings is 1. The third kappa shape index (κ3) is 3.75. The highest BCUT2D eigenvalue weighted by atomic mass is 16.7. The van der Waals surface area contributed by atoms with Gasteiger partial charge in [0.05, 0.1) is 0 Å². The molecule has 0 aliphatic rings. The zero-order chi connectivity index (χ0) is 11.8. The maximum absolute atomic E-state index is 8.67. The van der Waals surface area contributed by atoms with Crippen LogP contribution in [-0.2, 0) is 15.9 Å². The monoisotopic (exact) mass is 224 g/mol. The van der Waals surface area contributed by atoms with Gasteiger partial charge in [0.1, 0.15) is 13.6 Å². The molecule has 0 saturated carbocycles. The summed E-state index contributed by atoms with van der Waals surface area (Å²) in [6.07, 6.45) is 1.88. The summed E-state index contributed by atoms with van der Waals surface area (Å²) in [7, 11) is 0. The molecule has 0 atom stereocenters. The van der Waals surface area contributed by atoms with E-state index in [4.69, 9.17) is 19.7 Å². The van der Waals surface area contributed by atoms with Crippen LogP contribution in [0.4, 0.5) is 0 Å². The quantitative estimate of drug-likeness (QED) is 0.542. The molecule has 1 aromatic rings. The molecule has 0 amide bonds. The van der Waals surface area contributed by atoms with E-state index in [2.05, 4.69) is 6.58 Å². The first-order chi connectivity index (χ1) is 7.81. The molecule has 0 unspecified atom stereocenters. The standard InChI is InChI=1S/C12H16O4/c1-2-3-10-4-6-11(7-5-10)12(15-8-13)16-9-14/h2,4-7,12-14H,1,3,8-9H2. The maximum atomic E-state index is 8.67. The van der Waals surface area contributed by atoms with Gasteiger partial charge in [-0.2, -0.15) is 0 Å². The van der Waals surface area contributed by atoms with Crippen LogP contribution in [0.1, 0.15) is 17.4 Å². The zero-order valence-electron chi connectivity index (χ0n) is 9.00. The highest BCUT2D eigenvalue weighted by Crippen LogP contribution is 2.19. The van der Waals surface area contributed by atoms with Gasteiger partial charge >= 0.3 is 0 Å². The first-order valence-electron chi connectivity index (χ1n) is 4.96. The van der Waals surface area contributed by atoms with Gasteiger partial charge in [-0.25, -0.2) is 0 Å². The third-order valence-electron chi connectivity index (χ3n) is 2.08. The molecule has 0 fully saturated rings. The fourth-order valence-corrected chi connectivity index (χ4v) is 1.35. The number of aliphatic hydroxyl groups excluding tert-OH is 2. The number of hydrogen-bond donors (Lipinski definition) is 2. The van der Waals surface area contributed by atoms with E-state index in [1.54, 1.807) is 0 Å². The SMILES string of the molecule is C=CCc1ccc(C(OCO)OCO)cc1. The minimum absolute atomic E-state index is 0.459. The lowest BCUT2D eigenvalue weighted by Gasteiger charge is -2.16. The molecule has 1 rings (SSSR count). The van der Waals surface area contributed by atoms with Crippen LogP contribution < -0.4 is 0 Å². The normalized spacial score (nSPS) is 10.7. The van der Waals surface area contributed by atoms with Crippen LogP contribution in [0.25, 0.3) is 0 Å². The Morgan fingerprint density at radius 2 is 1.69 bits per heavy atom. The molecule has 0 heterocycles. The van der Waals surface area contributed by atoms with Crippen molar-refractivity contribution in [3.63, 3.8) is 0 Å². The van der Waals surface area contributed by atoms with Gasteiger partial charge in [-0.05, 0) is 12.0 Å². The van der Waals surface area contributed by atoms with E-state index < -0.39 is 19.9 Å². The van der Waals surface area contributed by atoms with Gasteiger partial charge in [-0.15, -0.1) is 6.58 Å². The van der Waals surface area contributed by atoms with E-state index >= 15 is 0 Å². The second kappa shape index (κ2) is 7.14. The number of aliphatic hydroxyl groups is 2. The van der Waals surface area contributed by atoms with Gasteiger partial charge in [0.2, 0.25) is 0 Å². The molecule has 4 nitrogen and oxygen atoms in total. The van der Waals surface area contributed by atoms with Crippen molar-refractivity contribution in [2.45, 2.75) is 12.7 Å². The highest BCUT2D eigenvalue weighted by Gasteiger charge is 2.11. The second-order valence-corrected chi connectivity index (χ2v) is 3.16.